The summed E-state index contributed by atoms with van der Waals surface area (Å²) in [6.45, 7) is 18.1. The van der Waals surface area contributed by atoms with Gasteiger partial charge in [-0.2, -0.15) is 24.7 Å². The number of aromatic carboxylic acids is 1. The number of fused-ring (bicyclic) bond motifs is 9. The number of rotatable bonds is 15. The van der Waals surface area contributed by atoms with Crippen molar-refractivity contribution >= 4 is 167 Å². The number of nitrogen functional groups attached to an aromatic ring is 1. The van der Waals surface area contributed by atoms with E-state index in [1.54, 1.807) is 30.2 Å². The summed E-state index contributed by atoms with van der Waals surface area (Å²) in [6.07, 6.45) is 30.8. The normalized spacial score (nSPS) is 14.3. The summed E-state index contributed by atoms with van der Waals surface area (Å²) in [7, 11) is -0.312. The lowest BCUT2D eigenvalue weighted by molar-refractivity contribution is -0.390. The third kappa shape index (κ3) is 26.5. The molecule has 0 unspecified atom stereocenters. The van der Waals surface area contributed by atoms with Crippen molar-refractivity contribution < 1.29 is 73.2 Å². The lowest BCUT2D eigenvalue weighted by Gasteiger charge is -2.32. The molecule has 137 heavy (non-hydrogen) atoms. The van der Waals surface area contributed by atoms with Crippen molar-refractivity contribution in [3.63, 3.8) is 0 Å². The number of H-pyrrole nitrogens is 2. The molecule has 5 aliphatic heterocycles. The van der Waals surface area contributed by atoms with Crippen LogP contribution in [0.5, 0.6) is 0 Å². The van der Waals surface area contributed by atoms with E-state index in [4.69, 9.17) is 77.6 Å². The molecule has 10 N–H and O–H groups in total. The van der Waals surface area contributed by atoms with Crippen LogP contribution < -0.4 is 21.8 Å². The van der Waals surface area contributed by atoms with Crippen molar-refractivity contribution in [2.24, 2.45) is 0 Å². The zero-order chi connectivity index (χ0) is 96.9. The van der Waals surface area contributed by atoms with Crippen LogP contribution in [0, 0.1) is 40.5 Å². The highest BCUT2D eigenvalue weighted by molar-refractivity contribution is 9.10. The number of carboxylic acids is 1. The van der Waals surface area contributed by atoms with Crippen molar-refractivity contribution in [1.82, 2.24) is 107 Å². The SMILES string of the molecule is C1=Cc2ncc(-c3cc(Nc4cc5n(n4)CCOC5)c4nccn4c3)cc2C1.CC1(C)OB(c2cnc3c(c2)CC=C3)OC1(C)C.CCO.Cl.Clc1cc(Br)c2nccn2c1.Clc1cc(Nc2cc3n(n2)CCOC3)c2nccn2c1.Nc1cc2n(n1)CCOC2.O=C(O)c1cc([N+](=O)[O-])[nH]n1.O=[N+]([O-])c1cc(CO)n(CCBr)n1.O=[N+]([O-])c1cc(CO)n[nH]1.O=[N+]([O-])c1cc2n(n1)CCOC2. The van der Waals surface area contributed by atoms with Gasteiger partial charge in [0.2, 0.25) is 0 Å². The largest absolute Gasteiger partial charge is 0.496 e. The number of aromatic nitrogens is 22. The van der Waals surface area contributed by atoms with Gasteiger partial charge in [-0.1, -0.05) is 67.5 Å². The van der Waals surface area contributed by atoms with Crippen molar-refractivity contribution in [3.05, 3.63) is 270 Å². The molecule has 0 amide bonds. The topological polar surface area (TPSA) is 600 Å². The number of aryl methyl sites for hydroxylation is 1. The molecule has 0 atom stereocenters. The van der Waals surface area contributed by atoms with Gasteiger partial charge in [-0.25, -0.2) is 19.7 Å². The van der Waals surface area contributed by atoms with Crippen LogP contribution in [-0.4, -0.2) is 210 Å². The maximum absolute atomic E-state index is 10.3. The van der Waals surface area contributed by atoms with E-state index in [1.165, 1.54) is 34.0 Å². The van der Waals surface area contributed by atoms with E-state index in [0.29, 0.717) is 86.2 Å². The molecule has 54 heteroatoms. The Kier molecular flexibility index (Phi) is 35.2. The highest BCUT2D eigenvalue weighted by Gasteiger charge is 2.52. The van der Waals surface area contributed by atoms with Gasteiger partial charge in [0.1, 0.15) is 11.5 Å². The molecule has 15 aromatic rings. The Labute approximate surface area is 810 Å². The number of aliphatic hydroxyl groups is 3. The van der Waals surface area contributed by atoms with E-state index in [-0.39, 0.29) is 79.4 Å². The number of anilines is 5. The van der Waals surface area contributed by atoms with E-state index in [2.05, 4.69) is 185 Å². The lowest BCUT2D eigenvalue weighted by Crippen LogP contribution is -2.41. The third-order valence-corrected chi connectivity index (χ3v) is 22.2. The predicted molar refractivity (Wildman–Crippen MR) is 509 cm³/mol. The fourth-order valence-corrected chi connectivity index (χ4v) is 15.2. The molecule has 15 aromatic heterocycles. The molecule has 1 saturated heterocycles. The standard InChI is InChI=1S/C21H18N6O.C14H18BNO2.C13H12ClN5O.C7H4BrClN2.C6H8BrN3O3.C6H7N3O3.C6H9N3O.C4H3N3O4.C4H5N3O3.C2H6O.ClH/c1-2-14-8-15(11-23-18(14)3-1)16-9-19(21-22-4-5-26(21)12-16)24-20-10-17-13-28-7-6-27(17)25-20;1-13(2)14(3,4)18-15(17-13)11-8-10-6-5-7-12(10)16-9-11;14-9-5-11(13-15-1-2-18(13)7-9)16-12-6-10-8-20-4-3-19(10)17-12;8-6-3-5(9)4-11-2-1-10-7(6)11;7-1-2-9-5(4-11)3-6(8-9)10(12)13;10-9(11)6-3-5-4-12-2-1-8(5)7-6;7-6-3-5-4-10-2-1-9(5)8-6;8-4(9)2-1-3(6-5-2)7(10)11;8-2-3-1-4(6-5-3)7(9)10;1-2-3;/h1,3-5,8-12H,2,6-7,13H2,(H,24,25);5,7-9H,6H2,1-4H3;1-2,5-7H,3-4,8H2,(H,16,17);1-4H;3,11H,1-2,4H2;3H,1-2,4H2;3H,1-2,4H2,(H2,7,8);1H,(H,5,6)(H,8,9);1,8H,2H2,(H,5,6);3H,2H2,1H3;1H. The van der Waals surface area contributed by atoms with Gasteiger partial charge >= 0.3 is 36.4 Å². The maximum atomic E-state index is 10.3. The smallest absolute Gasteiger partial charge is 0.476 e. The molecule has 22 rings (SSSR count). The van der Waals surface area contributed by atoms with E-state index < -0.39 is 31.5 Å². The van der Waals surface area contributed by atoms with Gasteiger partial charge in [0.15, 0.2) is 34.3 Å². The van der Waals surface area contributed by atoms with Crippen LogP contribution in [0.2, 0.25) is 10.0 Å². The third-order valence-electron chi connectivity index (χ3n) is 20.9. The number of nitrogens with two attached hydrogens (primary N) is 1. The molecular formula is C83H91BBr2Cl3N29O19. The first-order valence-corrected chi connectivity index (χ1v) is 44.3. The van der Waals surface area contributed by atoms with Gasteiger partial charge in [0, 0.05) is 115 Å². The van der Waals surface area contributed by atoms with Crippen molar-refractivity contribution in [3.8, 4) is 11.1 Å². The summed E-state index contributed by atoms with van der Waals surface area (Å²) in [5.74, 6) is -0.0988. The average molecular weight is 2080 g/mol. The van der Waals surface area contributed by atoms with Crippen LogP contribution in [0.4, 0.5) is 52.1 Å². The van der Waals surface area contributed by atoms with Crippen LogP contribution in [0.3, 0.4) is 0 Å². The zero-order valence-electron chi connectivity index (χ0n) is 73.7. The number of carboxylic acid groups (broad SMARTS) is 1. The summed E-state index contributed by atoms with van der Waals surface area (Å²) in [6, 6.07) is 20.8. The van der Waals surface area contributed by atoms with Gasteiger partial charge in [-0.15, -0.1) is 22.6 Å². The van der Waals surface area contributed by atoms with E-state index in [1.807, 2.05) is 106 Å². The molecule has 1 fully saturated rings. The molecule has 20 heterocycles. The molecular weight excluding hydrogens is 1980 g/mol. The molecule has 0 aromatic carbocycles. The fraction of sp³-hybridized carbons (Fsp3) is 0.313. The van der Waals surface area contributed by atoms with E-state index in [9.17, 15) is 45.3 Å². The molecule has 0 spiro atoms. The van der Waals surface area contributed by atoms with Crippen LogP contribution in [-0.2, 0) is 113 Å². The number of nitrogens with zero attached hydrogens (tertiary/aromatic N) is 24. The van der Waals surface area contributed by atoms with Gasteiger partial charge in [0.05, 0.1) is 210 Å². The second-order valence-electron chi connectivity index (χ2n) is 30.8. The summed E-state index contributed by atoms with van der Waals surface area (Å²) in [5, 5.41) is 114. The molecule has 48 nitrogen and oxygen atoms in total. The number of alkyl halides is 1. The van der Waals surface area contributed by atoms with E-state index >= 15 is 0 Å². The molecule has 2 aliphatic carbocycles. The number of carbonyl (C=O) groups is 1. The number of pyridine rings is 5. The first kappa shape index (κ1) is 102. The number of hydrogen-bond donors (Lipinski definition) is 9. The second kappa shape index (κ2) is 47.2. The second-order valence-corrected chi connectivity index (χ2v) is 33.3. The van der Waals surface area contributed by atoms with Crippen molar-refractivity contribution in [2.45, 2.75) is 131 Å². The summed E-state index contributed by atoms with van der Waals surface area (Å²) >= 11 is 18.5. The average Bonchev–Trinajstić information content (AvgIpc) is 1.63. The number of allylic oxidation sites excluding steroid dienone is 2. The Morgan fingerprint density at radius 2 is 1.04 bits per heavy atom. The number of nitro groups is 4. The summed E-state index contributed by atoms with van der Waals surface area (Å²) in [4.78, 5) is 70.3. The quantitative estimate of drug-likeness (QED) is 0.0199. The number of aromatic amines is 2. The Balaban J connectivity index is 0.000000141. The molecule has 720 valence electrons. The van der Waals surface area contributed by atoms with Crippen LogP contribution in [0.25, 0.3) is 40.2 Å². The number of aliphatic hydroxyl groups excluding tert-OH is 3. The number of halogens is 5. The van der Waals surface area contributed by atoms with Gasteiger partial charge < -0.3 is 119 Å². The Morgan fingerprint density at radius 3 is 1.52 bits per heavy atom. The minimum absolute atomic E-state index is 0. The Hall–Kier alpha value is -13.7. The minimum atomic E-state index is -1.30. The van der Waals surface area contributed by atoms with Crippen molar-refractivity contribution in [1.29, 1.82) is 0 Å². The monoisotopic (exact) mass is 2070 g/mol. The molecule has 0 bridgehead atoms. The molecule has 0 radical (unpaired) electrons. The predicted octanol–water partition coefficient (Wildman–Crippen LogP) is 11.8. The molecule has 0 saturated carbocycles. The van der Waals surface area contributed by atoms with E-state index in [0.717, 1.165) is 140 Å². The summed E-state index contributed by atoms with van der Waals surface area (Å²) < 4.78 is 48.8. The van der Waals surface area contributed by atoms with Crippen LogP contribution in [0.1, 0.15) is 102 Å². The number of hydrogen-bond acceptors (Lipinski definition) is 33. The fourth-order valence-electron chi connectivity index (χ4n) is 13.7. The highest BCUT2D eigenvalue weighted by Crippen LogP contribution is 2.38. The van der Waals surface area contributed by atoms with Crippen LogP contribution >= 0.6 is 67.5 Å². The maximum Gasteiger partial charge on any atom is 0.496 e. The van der Waals surface area contributed by atoms with Gasteiger partial charge in [0.25, 0.3) is 0 Å². The Morgan fingerprint density at radius 1 is 0.562 bits per heavy atom. The Bertz CT molecular complexity index is 6660. The van der Waals surface area contributed by atoms with Gasteiger partial charge in [-0.3, -0.25) is 24.0 Å². The number of nitrogens with one attached hydrogen (secondary N) is 4. The lowest BCUT2D eigenvalue weighted by atomic mass is 9.79. The first-order valence-electron chi connectivity index (χ1n) is 41.6. The zero-order valence-corrected chi connectivity index (χ0v) is 79.2. The summed E-state index contributed by atoms with van der Waals surface area (Å²) in [5.41, 5.74) is 21.4. The van der Waals surface area contributed by atoms with Crippen LogP contribution in [0.15, 0.2) is 158 Å². The number of ether oxygens (including phenoxy) is 4. The minimum Gasteiger partial charge on any atom is -0.476 e. The first-order chi connectivity index (χ1) is 65.4. The van der Waals surface area contributed by atoms with Gasteiger partial charge in [-0.05, 0) is 131 Å². The molecule has 7 aliphatic rings. The van der Waals surface area contributed by atoms with Crippen molar-refractivity contribution in [2.75, 3.05) is 54.7 Å². The highest BCUT2D eigenvalue weighted by atomic mass is 79.9. The number of imidazole rings is 3.